The minimum Gasteiger partial charge on any atom is -0.366 e. The van der Waals surface area contributed by atoms with E-state index in [1.165, 1.54) is 17.7 Å². The minimum atomic E-state index is -0.638. The van der Waals surface area contributed by atoms with Crippen LogP contribution in [0.5, 0.6) is 0 Å². The first kappa shape index (κ1) is 21.1. The van der Waals surface area contributed by atoms with Crippen LogP contribution in [0, 0.1) is 0 Å². The number of carbonyl (C=O) groups excluding carboxylic acids is 1. The molecule has 1 amide bonds. The van der Waals surface area contributed by atoms with Crippen molar-refractivity contribution in [3.63, 3.8) is 0 Å². The largest absolute Gasteiger partial charge is 0.366 e. The number of rotatable bonds is 4. The van der Waals surface area contributed by atoms with Gasteiger partial charge in [-0.3, -0.25) is 4.79 Å². The SMILES string of the molecule is CC(CNC(=O)C1(N)CCCCC1)N1CCc2ccccc21.Cl.Cl. The first-order valence-electron chi connectivity index (χ1n) is 8.52. The molecule has 1 aromatic carbocycles. The molecule has 1 aromatic rings. The molecule has 2 aliphatic rings. The quantitative estimate of drug-likeness (QED) is 0.852. The van der Waals surface area contributed by atoms with Crippen molar-refractivity contribution in [1.82, 2.24) is 5.32 Å². The molecule has 4 nitrogen and oxygen atoms in total. The Hall–Kier alpha value is -0.970. The number of anilines is 1. The molecule has 1 heterocycles. The number of nitrogens with one attached hydrogen (secondary N) is 1. The van der Waals surface area contributed by atoms with Crippen LogP contribution in [0.25, 0.3) is 0 Å². The standard InChI is InChI=1S/C18H27N3O.2ClH/c1-14(21-12-9-15-7-3-4-8-16(15)21)13-20-17(22)18(19)10-5-2-6-11-18;;/h3-4,7-8,14H,2,5-6,9-13,19H2,1H3,(H,20,22);2*1H. The van der Waals surface area contributed by atoms with E-state index in [2.05, 4.69) is 41.4 Å². The number of fused-ring (bicyclic) bond motifs is 1. The van der Waals surface area contributed by atoms with Gasteiger partial charge in [-0.15, -0.1) is 24.8 Å². The predicted molar refractivity (Wildman–Crippen MR) is 104 cm³/mol. The van der Waals surface area contributed by atoms with Gasteiger partial charge in [0.1, 0.15) is 0 Å². The Labute approximate surface area is 157 Å². The molecule has 1 fully saturated rings. The zero-order valence-electron chi connectivity index (χ0n) is 14.3. The highest BCUT2D eigenvalue weighted by molar-refractivity contribution is 5.86. The van der Waals surface area contributed by atoms with Gasteiger partial charge in [0.25, 0.3) is 0 Å². The molecular formula is C18H29Cl2N3O. The fraction of sp³-hybridized carbons (Fsp3) is 0.611. The van der Waals surface area contributed by atoms with E-state index in [-0.39, 0.29) is 30.7 Å². The molecule has 1 aliphatic heterocycles. The summed E-state index contributed by atoms with van der Waals surface area (Å²) in [4.78, 5) is 14.8. The van der Waals surface area contributed by atoms with Gasteiger partial charge in [-0.25, -0.2) is 0 Å². The Morgan fingerprint density at radius 2 is 1.92 bits per heavy atom. The molecule has 0 radical (unpaired) electrons. The van der Waals surface area contributed by atoms with Gasteiger partial charge in [-0.2, -0.15) is 0 Å². The van der Waals surface area contributed by atoms with E-state index in [4.69, 9.17) is 5.73 Å². The second-order valence-electron chi connectivity index (χ2n) is 6.85. The molecule has 6 heteroatoms. The number of para-hydroxylation sites is 1. The maximum absolute atomic E-state index is 12.4. The smallest absolute Gasteiger partial charge is 0.240 e. The average Bonchev–Trinajstić information content (AvgIpc) is 2.97. The van der Waals surface area contributed by atoms with Crippen molar-refractivity contribution in [2.24, 2.45) is 5.73 Å². The molecule has 136 valence electrons. The summed E-state index contributed by atoms with van der Waals surface area (Å²) in [7, 11) is 0. The maximum atomic E-state index is 12.4. The van der Waals surface area contributed by atoms with Crippen LogP contribution in [0.2, 0.25) is 0 Å². The fourth-order valence-corrected chi connectivity index (χ4v) is 3.76. The first-order valence-corrected chi connectivity index (χ1v) is 8.52. The van der Waals surface area contributed by atoms with Gasteiger partial charge in [0.05, 0.1) is 5.54 Å². The van der Waals surface area contributed by atoms with Crippen LogP contribution in [0.4, 0.5) is 5.69 Å². The molecule has 3 rings (SSSR count). The number of carbonyl (C=O) groups is 1. The summed E-state index contributed by atoms with van der Waals surface area (Å²) < 4.78 is 0. The van der Waals surface area contributed by atoms with Crippen molar-refractivity contribution >= 4 is 36.4 Å². The number of nitrogens with zero attached hydrogens (tertiary/aromatic N) is 1. The molecule has 0 spiro atoms. The van der Waals surface area contributed by atoms with Crippen LogP contribution >= 0.6 is 24.8 Å². The van der Waals surface area contributed by atoms with Crippen LogP contribution in [0.15, 0.2) is 24.3 Å². The second kappa shape index (κ2) is 8.93. The fourth-order valence-electron chi connectivity index (χ4n) is 3.76. The van der Waals surface area contributed by atoms with Gasteiger partial charge in [0.15, 0.2) is 0 Å². The van der Waals surface area contributed by atoms with Crippen molar-refractivity contribution in [3.8, 4) is 0 Å². The number of amides is 1. The third-order valence-corrected chi connectivity index (χ3v) is 5.21. The Morgan fingerprint density at radius 3 is 2.62 bits per heavy atom. The Balaban J connectivity index is 0.00000144. The summed E-state index contributed by atoms with van der Waals surface area (Å²) >= 11 is 0. The molecule has 24 heavy (non-hydrogen) atoms. The molecule has 0 saturated heterocycles. The summed E-state index contributed by atoms with van der Waals surface area (Å²) in [6.07, 6.45) is 6.07. The first-order chi connectivity index (χ1) is 10.6. The molecule has 0 aromatic heterocycles. The molecule has 0 bridgehead atoms. The van der Waals surface area contributed by atoms with Crippen molar-refractivity contribution in [2.45, 2.75) is 57.0 Å². The molecule has 1 unspecified atom stereocenters. The molecule has 3 N–H and O–H groups in total. The van der Waals surface area contributed by atoms with Crippen molar-refractivity contribution in [3.05, 3.63) is 29.8 Å². The lowest BCUT2D eigenvalue weighted by Crippen LogP contribution is -2.56. The normalized spacial score (nSPS) is 19.5. The van der Waals surface area contributed by atoms with Gasteiger partial charge >= 0.3 is 0 Å². The van der Waals surface area contributed by atoms with Crippen LogP contribution in [-0.4, -0.2) is 30.6 Å². The lowest BCUT2D eigenvalue weighted by atomic mass is 9.82. The second-order valence-corrected chi connectivity index (χ2v) is 6.85. The molecule has 1 atom stereocenters. The molecular weight excluding hydrogens is 345 g/mol. The van der Waals surface area contributed by atoms with Crippen LogP contribution in [-0.2, 0) is 11.2 Å². The van der Waals surface area contributed by atoms with E-state index in [0.29, 0.717) is 12.6 Å². The van der Waals surface area contributed by atoms with E-state index in [1.807, 2.05) is 0 Å². The van der Waals surface area contributed by atoms with Gasteiger partial charge in [0, 0.05) is 24.8 Å². The maximum Gasteiger partial charge on any atom is 0.240 e. The van der Waals surface area contributed by atoms with Gasteiger partial charge in [0.2, 0.25) is 5.91 Å². The molecule has 1 aliphatic carbocycles. The average molecular weight is 374 g/mol. The van der Waals surface area contributed by atoms with Gasteiger partial charge in [-0.05, 0) is 37.8 Å². The third-order valence-electron chi connectivity index (χ3n) is 5.21. The summed E-state index contributed by atoms with van der Waals surface area (Å²) in [5.74, 6) is 0.0338. The van der Waals surface area contributed by atoms with Gasteiger partial charge < -0.3 is 16.0 Å². The summed E-state index contributed by atoms with van der Waals surface area (Å²) in [6.45, 7) is 3.86. The number of hydrogen-bond acceptors (Lipinski definition) is 3. The van der Waals surface area contributed by atoms with E-state index < -0.39 is 5.54 Å². The number of benzene rings is 1. The number of hydrogen-bond donors (Lipinski definition) is 2. The van der Waals surface area contributed by atoms with Crippen molar-refractivity contribution in [2.75, 3.05) is 18.0 Å². The predicted octanol–water partition coefficient (Wildman–Crippen LogP) is 3.06. The lowest BCUT2D eigenvalue weighted by molar-refractivity contribution is -0.127. The zero-order chi connectivity index (χ0) is 15.6. The summed E-state index contributed by atoms with van der Waals surface area (Å²) in [6, 6.07) is 8.83. The third kappa shape index (κ3) is 4.35. The highest BCUT2D eigenvalue weighted by Crippen LogP contribution is 2.29. The minimum absolute atomic E-state index is 0. The number of halogens is 2. The van der Waals surface area contributed by atoms with E-state index in [1.54, 1.807) is 0 Å². The van der Waals surface area contributed by atoms with Crippen molar-refractivity contribution in [1.29, 1.82) is 0 Å². The van der Waals surface area contributed by atoms with E-state index in [0.717, 1.165) is 38.6 Å². The highest BCUT2D eigenvalue weighted by Gasteiger charge is 2.35. The van der Waals surface area contributed by atoms with Crippen molar-refractivity contribution < 1.29 is 4.79 Å². The van der Waals surface area contributed by atoms with Gasteiger partial charge in [-0.1, -0.05) is 37.5 Å². The van der Waals surface area contributed by atoms with E-state index in [9.17, 15) is 4.79 Å². The topological polar surface area (TPSA) is 58.4 Å². The zero-order valence-corrected chi connectivity index (χ0v) is 15.9. The Kier molecular flexibility index (Phi) is 7.84. The lowest BCUT2D eigenvalue weighted by Gasteiger charge is -2.33. The van der Waals surface area contributed by atoms with Crippen LogP contribution in [0.1, 0.15) is 44.6 Å². The molecule has 1 saturated carbocycles. The monoisotopic (exact) mass is 373 g/mol. The summed E-state index contributed by atoms with van der Waals surface area (Å²) in [5, 5.41) is 3.09. The van der Waals surface area contributed by atoms with Crippen LogP contribution in [0.3, 0.4) is 0 Å². The van der Waals surface area contributed by atoms with Crippen LogP contribution < -0.4 is 16.0 Å². The number of nitrogens with two attached hydrogens (primary N) is 1. The van der Waals surface area contributed by atoms with E-state index >= 15 is 0 Å². The Morgan fingerprint density at radius 1 is 1.25 bits per heavy atom. The summed E-state index contributed by atoms with van der Waals surface area (Å²) in [5.41, 5.74) is 8.37. The Bertz CT molecular complexity index is 547. The highest BCUT2D eigenvalue weighted by atomic mass is 35.5.